The number of para-hydroxylation sites is 1. The Balaban J connectivity index is 1.08. The maximum absolute atomic E-state index is 3.68. The van der Waals surface area contributed by atoms with Crippen LogP contribution in [0.2, 0.25) is 0 Å². The summed E-state index contributed by atoms with van der Waals surface area (Å²) in [4.78, 5) is 0. The zero-order valence-electron chi connectivity index (χ0n) is 27.4. The summed E-state index contributed by atoms with van der Waals surface area (Å²) in [5.41, 5.74) is 18.3. The molecular formula is C44H41N3. The average Bonchev–Trinajstić information content (AvgIpc) is 3.55. The number of benzene rings is 5. The number of hydrazine groups is 1. The van der Waals surface area contributed by atoms with Gasteiger partial charge in [-0.2, -0.15) is 0 Å². The molecule has 0 fully saturated rings. The summed E-state index contributed by atoms with van der Waals surface area (Å²) in [6.45, 7) is 5.57. The molecule has 2 aliphatic carbocycles. The van der Waals surface area contributed by atoms with E-state index >= 15 is 0 Å². The zero-order chi connectivity index (χ0) is 32.0. The van der Waals surface area contributed by atoms with Crippen LogP contribution in [0.4, 0.5) is 0 Å². The van der Waals surface area contributed by atoms with Gasteiger partial charge < -0.3 is 9.99 Å². The van der Waals surface area contributed by atoms with Gasteiger partial charge in [0.15, 0.2) is 0 Å². The summed E-state index contributed by atoms with van der Waals surface area (Å²) in [6, 6.07) is 48.4. The van der Waals surface area contributed by atoms with E-state index in [2.05, 4.69) is 182 Å². The summed E-state index contributed by atoms with van der Waals surface area (Å²) in [7, 11) is 2.12. The van der Waals surface area contributed by atoms with Crippen LogP contribution in [-0.2, 0) is 24.8 Å². The Morgan fingerprint density at radius 2 is 1.47 bits per heavy atom. The second-order valence-corrected chi connectivity index (χ2v) is 13.6. The molecule has 1 heterocycles. The molecule has 232 valence electrons. The number of hydrogen-bond donors (Lipinski definition) is 1. The largest absolute Gasteiger partial charge is 0.319 e. The maximum Gasteiger partial charge on any atom is 0.0537 e. The Hall–Kier alpha value is -5.12. The van der Waals surface area contributed by atoms with Crippen LogP contribution in [0.3, 0.4) is 0 Å². The average molecular weight is 612 g/mol. The highest BCUT2D eigenvalue weighted by atomic mass is 15.5. The van der Waals surface area contributed by atoms with Crippen LogP contribution in [0.15, 0.2) is 145 Å². The van der Waals surface area contributed by atoms with Gasteiger partial charge in [0.1, 0.15) is 0 Å². The van der Waals surface area contributed by atoms with E-state index in [9.17, 15) is 0 Å². The summed E-state index contributed by atoms with van der Waals surface area (Å²) in [5.74, 6) is 0.445. The predicted molar refractivity (Wildman–Crippen MR) is 196 cm³/mol. The number of aromatic nitrogens is 1. The van der Waals surface area contributed by atoms with Crippen LogP contribution in [0.5, 0.6) is 0 Å². The number of nitrogens with one attached hydrogen (secondary N) is 1. The predicted octanol–water partition coefficient (Wildman–Crippen LogP) is 9.87. The lowest BCUT2D eigenvalue weighted by Gasteiger charge is -2.28. The van der Waals surface area contributed by atoms with E-state index in [1.807, 2.05) is 0 Å². The molecule has 6 aromatic rings. The second-order valence-electron chi connectivity index (χ2n) is 13.6. The van der Waals surface area contributed by atoms with Crippen LogP contribution in [0, 0.1) is 0 Å². The number of rotatable bonds is 8. The molecule has 0 saturated carbocycles. The van der Waals surface area contributed by atoms with Crippen LogP contribution < -0.4 is 5.43 Å². The molecular weight excluding hydrogens is 571 g/mol. The Morgan fingerprint density at radius 3 is 2.26 bits per heavy atom. The summed E-state index contributed by atoms with van der Waals surface area (Å²) >= 11 is 0. The van der Waals surface area contributed by atoms with Crippen molar-refractivity contribution in [2.75, 3.05) is 7.05 Å². The smallest absolute Gasteiger partial charge is 0.0537 e. The number of fused-ring (bicyclic) bond motifs is 6. The molecule has 3 nitrogen and oxygen atoms in total. The van der Waals surface area contributed by atoms with Gasteiger partial charge in [0, 0.05) is 36.0 Å². The number of allylic oxidation sites excluding steroid dienone is 2. The lowest BCUT2D eigenvalue weighted by Crippen LogP contribution is -2.32. The first-order valence-electron chi connectivity index (χ1n) is 16.8. The molecule has 0 radical (unpaired) electrons. The van der Waals surface area contributed by atoms with E-state index < -0.39 is 0 Å². The minimum atomic E-state index is 0.0236. The molecule has 1 N–H and O–H groups in total. The third-order valence-corrected chi connectivity index (χ3v) is 10.2. The zero-order valence-corrected chi connectivity index (χ0v) is 27.4. The highest BCUT2D eigenvalue weighted by Crippen LogP contribution is 2.55. The first-order chi connectivity index (χ1) is 23.0. The monoisotopic (exact) mass is 611 g/mol. The van der Waals surface area contributed by atoms with E-state index in [1.54, 1.807) is 0 Å². The standard InChI is InChI=1S/C44H41N3/c1-44(2)39-20-12-10-18-35(39)37-28-38-36-19-11-13-21-42(36)47(43(38)29-40(37)44)34-25-22-32(23-26-34)30-46(3)45-41(33-16-8-5-9-17-33)27-24-31-14-6-4-7-15-31/h4-23,25-27,29,37,45H,24,28,30H2,1-3H3/b41-27-. The summed E-state index contributed by atoms with van der Waals surface area (Å²) in [5, 5.41) is 3.54. The Morgan fingerprint density at radius 1 is 0.787 bits per heavy atom. The first-order valence-corrected chi connectivity index (χ1v) is 16.8. The van der Waals surface area contributed by atoms with Gasteiger partial charge in [-0.1, -0.05) is 141 Å². The molecule has 1 unspecified atom stereocenters. The molecule has 0 spiro atoms. The van der Waals surface area contributed by atoms with Crippen LogP contribution in [-0.4, -0.2) is 16.6 Å². The Kier molecular flexibility index (Phi) is 7.42. The van der Waals surface area contributed by atoms with Gasteiger partial charge in [0.2, 0.25) is 0 Å². The van der Waals surface area contributed by atoms with E-state index in [-0.39, 0.29) is 5.41 Å². The van der Waals surface area contributed by atoms with Crippen molar-refractivity contribution in [3.63, 3.8) is 0 Å². The van der Waals surface area contributed by atoms with Gasteiger partial charge in [-0.3, -0.25) is 0 Å². The number of nitrogens with zero attached hydrogens (tertiary/aromatic N) is 2. The van der Waals surface area contributed by atoms with E-state index in [0.717, 1.165) is 25.1 Å². The molecule has 3 heteroatoms. The van der Waals surface area contributed by atoms with Crippen LogP contribution in [0.1, 0.15) is 58.8 Å². The summed E-state index contributed by atoms with van der Waals surface area (Å²) in [6.07, 6.45) is 6.72. The van der Waals surface area contributed by atoms with Crippen molar-refractivity contribution in [3.8, 4) is 5.69 Å². The quantitative estimate of drug-likeness (QED) is 0.173. The van der Waals surface area contributed by atoms with Gasteiger partial charge in [-0.25, -0.2) is 5.01 Å². The fraction of sp³-hybridized carbons (Fsp3) is 0.182. The highest BCUT2D eigenvalue weighted by Gasteiger charge is 2.44. The van der Waals surface area contributed by atoms with Crippen LogP contribution in [0.25, 0.3) is 28.4 Å². The maximum atomic E-state index is 3.68. The lowest BCUT2D eigenvalue weighted by atomic mass is 9.76. The molecule has 47 heavy (non-hydrogen) atoms. The van der Waals surface area contributed by atoms with Gasteiger partial charge in [0.25, 0.3) is 0 Å². The minimum Gasteiger partial charge on any atom is -0.319 e. The van der Waals surface area contributed by atoms with E-state index in [1.165, 1.54) is 61.2 Å². The minimum absolute atomic E-state index is 0.0236. The van der Waals surface area contributed by atoms with Crippen molar-refractivity contribution >= 4 is 22.7 Å². The van der Waals surface area contributed by atoms with Gasteiger partial charge in [0.05, 0.1) is 16.9 Å². The second kappa shape index (κ2) is 11.9. The van der Waals surface area contributed by atoms with Crippen molar-refractivity contribution in [2.45, 2.75) is 44.6 Å². The Bertz CT molecular complexity index is 2110. The molecule has 0 saturated heterocycles. The molecule has 0 aliphatic heterocycles. The summed E-state index contributed by atoms with van der Waals surface area (Å²) < 4.78 is 2.48. The normalized spacial score (nSPS) is 16.5. The van der Waals surface area contributed by atoms with E-state index in [0.29, 0.717) is 5.92 Å². The van der Waals surface area contributed by atoms with Crippen molar-refractivity contribution < 1.29 is 0 Å². The van der Waals surface area contributed by atoms with Gasteiger partial charge >= 0.3 is 0 Å². The lowest BCUT2D eigenvalue weighted by molar-refractivity contribution is 0.276. The third-order valence-electron chi connectivity index (χ3n) is 10.2. The van der Waals surface area contributed by atoms with Crippen LogP contribution >= 0.6 is 0 Å². The molecule has 0 amide bonds. The fourth-order valence-corrected chi connectivity index (χ4v) is 7.90. The molecule has 8 rings (SSSR count). The van der Waals surface area contributed by atoms with Crippen molar-refractivity contribution in [1.82, 2.24) is 15.0 Å². The van der Waals surface area contributed by atoms with Crippen molar-refractivity contribution in [2.24, 2.45) is 0 Å². The topological polar surface area (TPSA) is 20.2 Å². The van der Waals surface area contributed by atoms with Gasteiger partial charge in [-0.05, 0) is 70.5 Å². The Labute approximate surface area is 278 Å². The molecule has 1 atom stereocenters. The first kappa shape index (κ1) is 29.3. The van der Waals surface area contributed by atoms with Crippen molar-refractivity contribution in [3.05, 3.63) is 184 Å². The van der Waals surface area contributed by atoms with Crippen molar-refractivity contribution in [1.29, 1.82) is 0 Å². The fourth-order valence-electron chi connectivity index (χ4n) is 7.90. The van der Waals surface area contributed by atoms with E-state index in [4.69, 9.17) is 0 Å². The SMILES string of the molecule is CN(Cc1ccc(-n2c3c(c4ccccc42)CC2C(=C3)C(C)(C)c3ccccc32)cc1)N/C(=C\Cc1ccccc1)c1ccccc1. The molecule has 2 aliphatic rings. The molecule has 1 aromatic heterocycles. The molecule has 0 bridgehead atoms. The molecule has 5 aromatic carbocycles. The number of hydrogen-bond acceptors (Lipinski definition) is 2. The highest BCUT2D eigenvalue weighted by molar-refractivity contribution is 5.92. The third kappa shape index (κ3) is 5.31. The van der Waals surface area contributed by atoms with Gasteiger partial charge in [-0.15, -0.1) is 0 Å².